The van der Waals surface area contributed by atoms with Gasteiger partial charge in [0, 0.05) is 29.9 Å². The minimum Gasteiger partial charge on any atom is -0.353 e. The first kappa shape index (κ1) is 20.9. The monoisotopic (exact) mass is 428 g/mol. The number of hydrazone groups is 1. The van der Waals surface area contributed by atoms with Crippen molar-refractivity contribution in [1.82, 2.24) is 25.9 Å². The SMILES string of the molecule is O=C1C=CC=CC1(C(=O)NCCNN=Cc1cccnc1)c1n[nH]c(=O)c2ccccc12. The molecule has 32 heavy (non-hydrogen) atoms. The summed E-state index contributed by atoms with van der Waals surface area (Å²) in [5, 5.41) is 14.2. The molecule has 1 aromatic carbocycles. The predicted octanol–water partition coefficient (Wildman–Crippen LogP) is 0.991. The Hall–Kier alpha value is -4.40. The van der Waals surface area contributed by atoms with E-state index in [9.17, 15) is 14.4 Å². The van der Waals surface area contributed by atoms with E-state index in [0.717, 1.165) is 5.56 Å². The van der Waals surface area contributed by atoms with Crippen LogP contribution in [0.4, 0.5) is 0 Å². The quantitative estimate of drug-likeness (QED) is 0.223. The maximum absolute atomic E-state index is 13.3. The van der Waals surface area contributed by atoms with Crippen molar-refractivity contribution >= 4 is 28.7 Å². The predicted molar refractivity (Wildman–Crippen MR) is 120 cm³/mol. The van der Waals surface area contributed by atoms with Crippen LogP contribution in [-0.4, -0.2) is 46.2 Å². The highest BCUT2D eigenvalue weighted by molar-refractivity contribution is 6.20. The highest BCUT2D eigenvalue weighted by Crippen LogP contribution is 2.32. The highest BCUT2D eigenvalue weighted by atomic mass is 16.2. The summed E-state index contributed by atoms with van der Waals surface area (Å²) in [7, 11) is 0. The van der Waals surface area contributed by atoms with Crippen LogP contribution in [0.25, 0.3) is 10.8 Å². The molecule has 1 aliphatic rings. The average Bonchev–Trinajstić information content (AvgIpc) is 2.83. The second-order valence-electron chi connectivity index (χ2n) is 7.05. The zero-order chi connectivity index (χ0) is 22.4. The number of hydrogen-bond acceptors (Lipinski definition) is 7. The van der Waals surface area contributed by atoms with E-state index in [1.165, 1.54) is 12.2 Å². The van der Waals surface area contributed by atoms with E-state index in [1.54, 1.807) is 61.1 Å². The van der Waals surface area contributed by atoms with Crippen LogP contribution in [0.3, 0.4) is 0 Å². The number of H-pyrrole nitrogens is 1. The number of carbonyl (C=O) groups excluding carboxylic acids is 2. The first-order chi connectivity index (χ1) is 15.6. The molecule has 0 radical (unpaired) electrons. The van der Waals surface area contributed by atoms with Gasteiger partial charge in [0.2, 0.25) is 5.91 Å². The van der Waals surface area contributed by atoms with Crippen molar-refractivity contribution in [1.29, 1.82) is 0 Å². The molecule has 9 nitrogen and oxygen atoms in total. The number of ketones is 1. The van der Waals surface area contributed by atoms with Gasteiger partial charge in [-0.05, 0) is 18.2 Å². The molecule has 4 rings (SSSR count). The van der Waals surface area contributed by atoms with Crippen molar-refractivity contribution in [3.63, 3.8) is 0 Å². The van der Waals surface area contributed by atoms with Crippen molar-refractivity contribution < 1.29 is 9.59 Å². The standard InChI is InChI=1S/C23H20N6O3/c30-19-9-3-4-10-23(19,20-17-7-1-2-8-18(17)21(31)29-28-20)22(32)25-12-13-26-27-15-16-6-5-11-24-14-16/h1-11,14-15,26H,12-13H2,(H,25,32)(H,29,31). The maximum atomic E-state index is 13.3. The van der Waals surface area contributed by atoms with Gasteiger partial charge in [0.05, 0.1) is 23.8 Å². The fourth-order valence-corrected chi connectivity index (χ4v) is 3.47. The van der Waals surface area contributed by atoms with Crippen molar-refractivity contribution in [2.75, 3.05) is 13.1 Å². The van der Waals surface area contributed by atoms with Gasteiger partial charge in [-0.3, -0.25) is 19.4 Å². The number of hydrogen-bond donors (Lipinski definition) is 3. The van der Waals surface area contributed by atoms with Crippen LogP contribution >= 0.6 is 0 Å². The first-order valence-corrected chi connectivity index (χ1v) is 9.95. The average molecular weight is 428 g/mol. The molecule has 0 bridgehead atoms. The number of fused-ring (bicyclic) bond motifs is 1. The van der Waals surface area contributed by atoms with E-state index >= 15 is 0 Å². The van der Waals surface area contributed by atoms with Crippen molar-refractivity contribution in [2.45, 2.75) is 5.41 Å². The fourth-order valence-electron chi connectivity index (χ4n) is 3.47. The number of amides is 1. The normalized spacial score (nSPS) is 17.7. The summed E-state index contributed by atoms with van der Waals surface area (Å²) in [5.74, 6) is -0.976. The summed E-state index contributed by atoms with van der Waals surface area (Å²) in [6.07, 6.45) is 11.0. The van der Waals surface area contributed by atoms with Gasteiger partial charge in [0.1, 0.15) is 0 Å². The molecule has 9 heteroatoms. The van der Waals surface area contributed by atoms with E-state index in [4.69, 9.17) is 0 Å². The maximum Gasteiger partial charge on any atom is 0.272 e. The summed E-state index contributed by atoms with van der Waals surface area (Å²) in [6.45, 7) is 0.559. The van der Waals surface area contributed by atoms with Crippen LogP contribution in [0.15, 0.2) is 83.0 Å². The number of aromatic nitrogens is 3. The Bertz CT molecular complexity index is 1300. The Morgan fingerprint density at radius 1 is 1.09 bits per heavy atom. The molecule has 3 N–H and O–H groups in total. The second-order valence-corrected chi connectivity index (χ2v) is 7.05. The van der Waals surface area contributed by atoms with Crippen LogP contribution in [0.2, 0.25) is 0 Å². The number of aromatic amines is 1. The number of rotatable bonds is 7. The molecule has 0 spiro atoms. The van der Waals surface area contributed by atoms with Crippen LogP contribution in [0.5, 0.6) is 0 Å². The lowest BCUT2D eigenvalue weighted by molar-refractivity contribution is -0.132. The molecule has 1 atom stereocenters. The highest BCUT2D eigenvalue weighted by Gasteiger charge is 2.47. The molecule has 1 unspecified atom stereocenters. The zero-order valence-electron chi connectivity index (χ0n) is 17.0. The molecule has 0 aliphatic heterocycles. The van der Waals surface area contributed by atoms with Crippen LogP contribution in [0.1, 0.15) is 11.3 Å². The molecule has 1 aliphatic carbocycles. The molecule has 0 saturated carbocycles. The molecule has 2 heterocycles. The number of benzene rings is 1. The summed E-state index contributed by atoms with van der Waals surface area (Å²) >= 11 is 0. The van der Waals surface area contributed by atoms with Gasteiger partial charge in [-0.15, -0.1) is 0 Å². The molecule has 0 fully saturated rings. The molecular formula is C23H20N6O3. The van der Waals surface area contributed by atoms with Crippen molar-refractivity contribution in [3.8, 4) is 0 Å². The van der Waals surface area contributed by atoms with E-state index in [0.29, 0.717) is 17.3 Å². The smallest absolute Gasteiger partial charge is 0.272 e. The molecule has 0 saturated heterocycles. The Morgan fingerprint density at radius 3 is 2.72 bits per heavy atom. The summed E-state index contributed by atoms with van der Waals surface area (Å²) < 4.78 is 0. The number of pyridine rings is 1. The van der Waals surface area contributed by atoms with E-state index in [1.807, 2.05) is 6.07 Å². The summed E-state index contributed by atoms with van der Waals surface area (Å²) in [5.41, 5.74) is 1.78. The lowest BCUT2D eigenvalue weighted by Crippen LogP contribution is -2.51. The minimum absolute atomic E-state index is 0.179. The number of allylic oxidation sites excluding steroid dienone is 3. The summed E-state index contributed by atoms with van der Waals surface area (Å²) in [6, 6.07) is 10.4. The zero-order valence-corrected chi connectivity index (χ0v) is 17.0. The molecule has 2 aromatic heterocycles. The number of carbonyl (C=O) groups is 2. The molecule has 160 valence electrons. The Balaban J connectivity index is 1.54. The minimum atomic E-state index is -1.68. The topological polar surface area (TPSA) is 129 Å². The van der Waals surface area contributed by atoms with Crippen molar-refractivity contribution in [2.24, 2.45) is 5.10 Å². The molecule has 3 aromatic rings. The van der Waals surface area contributed by atoms with Gasteiger partial charge in [-0.2, -0.15) is 10.2 Å². The van der Waals surface area contributed by atoms with E-state index < -0.39 is 22.7 Å². The first-order valence-electron chi connectivity index (χ1n) is 9.95. The van der Waals surface area contributed by atoms with Crippen molar-refractivity contribution in [3.05, 3.63) is 94.7 Å². The lowest BCUT2D eigenvalue weighted by Gasteiger charge is -2.28. The van der Waals surface area contributed by atoms with Gasteiger partial charge in [-0.1, -0.05) is 42.5 Å². The largest absolute Gasteiger partial charge is 0.353 e. The van der Waals surface area contributed by atoms with Gasteiger partial charge in [0.25, 0.3) is 5.56 Å². The summed E-state index contributed by atoms with van der Waals surface area (Å²) in [4.78, 5) is 42.5. The fraction of sp³-hybridized carbons (Fsp3) is 0.130. The van der Waals surface area contributed by atoms with Crippen LogP contribution in [-0.2, 0) is 15.0 Å². The third kappa shape index (κ3) is 3.95. The van der Waals surface area contributed by atoms with Gasteiger partial charge < -0.3 is 10.7 Å². The van der Waals surface area contributed by atoms with E-state index in [2.05, 4.69) is 31.0 Å². The third-order valence-electron chi connectivity index (χ3n) is 5.03. The van der Waals surface area contributed by atoms with Gasteiger partial charge in [-0.25, -0.2) is 5.10 Å². The number of nitrogens with one attached hydrogen (secondary N) is 3. The second kappa shape index (κ2) is 9.17. The molecular weight excluding hydrogens is 408 g/mol. The number of nitrogens with zero attached hydrogens (tertiary/aromatic N) is 3. The van der Waals surface area contributed by atoms with Crippen LogP contribution in [0, 0.1) is 0 Å². The Labute approximate surface area is 183 Å². The van der Waals surface area contributed by atoms with Gasteiger partial charge in [0.15, 0.2) is 11.2 Å². The Kier molecular flexibility index (Phi) is 5.98. The third-order valence-corrected chi connectivity index (χ3v) is 5.03. The van der Waals surface area contributed by atoms with E-state index in [-0.39, 0.29) is 12.2 Å². The molecule has 1 amide bonds. The lowest BCUT2D eigenvalue weighted by atomic mass is 9.75. The van der Waals surface area contributed by atoms with Crippen LogP contribution < -0.4 is 16.3 Å². The Morgan fingerprint density at radius 2 is 1.94 bits per heavy atom. The van der Waals surface area contributed by atoms with Gasteiger partial charge >= 0.3 is 0 Å².